The van der Waals surface area contributed by atoms with Gasteiger partial charge in [0.15, 0.2) is 5.69 Å². The fourth-order valence-electron chi connectivity index (χ4n) is 1.67. The Bertz CT molecular complexity index is 624. The van der Waals surface area contributed by atoms with Crippen LogP contribution in [0, 0.1) is 6.92 Å². The summed E-state index contributed by atoms with van der Waals surface area (Å²) in [5, 5.41) is 0. The Balaban J connectivity index is 2.44. The average Bonchev–Trinajstić information content (AvgIpc) is 2.72. The van der Waals surface area contributed by atoms with E-state index in [0.29, 0.717) is 5.82 Å². The van der Waals surface area contributed by atoms with Crippen LogP contribution in [-0.4, -0.2) is 27.1 Å². The number of hydrogen-bond donors (Lipinski definition) is 1. The Morgan fingerprint density at radius 3 is 2.89 bits per heavy atom. The summed E-state index contributed by atoms with van der Waals surface area (Å²) in [6.45, 7) is 3.91. The van der Waals surface area contributed by atoms with Crippen LogP contribution in [0.5, 0.6) is 0 Å². The van der Waals surface area contributed by atoms with Crippen molar-refractivity contribution in [2.24, 2.45) is 0 Å². The minimum Gasteiger partial charge on any atom is -0.461 e. The number of rotatable bonds is 3. The Morgan fingerprint density at radius 1 is 1.53 bits per heavy atom. The summed E-state index contributed by atoms with van der Waals surface area (Å²) in [7, 11) is 0. The van der Waals surface area contributed by atoms with Crippen LogP contribution in [0.4, 0.5) is 5.82 Å². The minimum absolute atomic E-state index is 0.103. The molecule has 0 saturated heterocycles. The van der Waals surface area contributed by atoms with E-state index in [4.69, 9.17) is 10.5 Å². The van der Waals surface area contributed by atoms with E-state index >= 15 is 0 Å². The van der Waals surface area contributed by atoms with Crippen molar-refractivity contribution in [1.29, 1.82) is 0 Å². The van der Waals surface area contributed by atoms with Gasteiger partial charge in [-0.15, -0.1) is 0 Å². The van der Waals surface area contributed by atoms with Gasteiger partial charge in [-0.2, -0.15) is 0 Å². The van der Waals surface area contributed by atoms with Crippen molar-refractivity contribution >= 4 is 27.7 Å². The maximum Gasteiger partial charge on any atom is 0.360 e. The minimum atomic E-state index is -0.534. The normalized spacial score (nSPS) is 10.5. The summed E-state index contributed by atoms with van der Waals surface area (Å²) < 4.78 is 7.32. The first kappa shape index (κ1) is 13.5. The first-order valence-corrected chi connectivity index (χ1v) is 6.46. The molecule has 2 N–H and O–H groups in total. The number of aromatic nitrogens is 3. The third-order valence-corrected chi connectivity index (χ3v) is 2.95. The first-order valence-electron chi connectivity index (χ1n) is 5.67. The summed E-state index contributed by atoms with van der Waals surface area (Å²) in [4.78, 5) is 19.9. The molecule has 0 spiro atoms. The third kappa shape index (κ3) is 2.60. The van der Waals surface area contributed by atoms with Gasteiger partial charge < -0.3 is 10.5 Å². The Morgan fingerprint density at radius 2 is 2.26 bits per heavy atom. The number of anilines is 1. The maximum absolute atomic E-state index is 11.6. The van der Waals surface area contributed by atoms with Gasteiger partial charge >= 0.3 is 5.97 Å². The summed E-state index contributed by atoms with van der Waals surface area (Å²) in [6.07, 6.45) is 3.12. The molecule has 2 aromatic heterocycles. The molecular weight excluding hydrogens is 312 g/mol. The SMILES string of the molecule is CCOC(=O)c1ncn(-c2ncc(Br)cc2C)c1N. The van der Waals surface area contributed by atoms with Gasteiger partial charge in [-0.05, 0) is 41.4 Å². The largest absolute Gasteiger partial charge is 0.461 e. The van der Waals surface area contributed by atoms with Gasteiger partial charge in [-0.25, -0.2) is 14.8 Å². The predicted molar refractivity (Wildman–Crippen MR) is 74.2 cm³/mol. The second-order valence-electron chi connectivity index (χ2n) is 3.86. The van der Waals surface area contributed by atoms with Crippen molar-refractivity contribution in [3.8, 4) is 5.82 Å². The Hall–Kier alpha value is -1.89. The van der Waals surface area contributed by atoms with E-state index in [-0.39, 0.29) is 18.1 Å². The summed E-state index contributed by atoms with van der Waals surface area (Å²) >= 11 is 3.34. The average molecular weight is 325 g/mol. The molecule has 0 atom stereocenters. The molecule has 0 amide bonds. The molecule has 0 bridgehead atoms. The van der Waals surface area contributed by atoms with Crippen molar-refractivity contribution in [3.63, 3.8) is 0 Å². The van der Waals surface area contributed by atoms with Crippen molar-refractivity contribution in [2.75, 3.05) is 12.3 Å². The fourth-order valence-corrected chi connectivity index (χ4v) is 2.11. The van der Waals surface area contributed by atoms with Gasteiger partial charge in [0.1, 0.15) is 18.0 Å². The van der Waals surface area contributed by atoms with Crippen molar-refractivity contribution in [2.45, 2.75) is 13.8 Å². The molecule has 2 aromatic rings. The van der Waals surface area contributed by atoms with Crippen LogP contribution in [0.1, 0.15) is 23.0 Å². The smallest absolute Gasteiger partial charge is 0.360 e. The summed E-state index contributed by atoms with van der Waals surface area (Å²) in [5.74, 6) is 0.314. The fraction of sp³-hybridized carbons (Fsp3) is 0.250. The standard InChI is InChI=1S/C12H13BrN4O2/c1-3-19-12(18)9-10(14)17(6-16-9)11-7(2)4-8(13)5-15-11/h4-6H,3,14H2,1-2H3. The number of carbonyl (C=O) groups excluding carboxylic acids is 1. The molecule has 0 radical (unpaired) electrons. The second-order valence-corrected chi connectivity index (χ2v) is 4.78. The van der Waals surface area contributed by atoms with Gasteiger partial charge in [0, 0.05) is 10.7 Å². The monoisotopic (exact) mass is 324 g/mol. The second kappa shape index (κ2) is 5.40. The third-order valence-electron chi connectivity index (χ3n) is 2.52. The number of hydrogen-bond acceptors (Lipinski definition) is 5. The number of esters is 1. The van der Waals surface area contributed by atoms with Gasteiger partial charge in [-0.3, -0.25) is 4.57 Å². The molecule has 0 aliphatic rings. The Labute approximate surface area is 118 Å². The van der Waals surface area contributed by atoms with E-state index in [1.54, 1.807) is 17.7 Å². The van der Waals surface area contributed by atoms with E-state index in [1.807, 2.05) is 13.0 Å². The molecule has 0 aliphatic heterocycles. The number of nitrogens with zero attached hydrogens (tertiary/aromatic N) is 3. The molecule has 0 fully saturated rings. The number of carbonyl (C=O) groups is 1. The Kier molecular flexibility index (Phi) is 3.84. The molecule has 2 heterocycles. The molecule has 0 saturated carbocycles. The molecule has 2 rings (SSSR count). The summed E-state index contributed by atoms with van der Waals surface area (Å²) in [6, 6.07) is 1.91. The van der Waals surface area contributed by atoms with Crippen LogP contribution in [0.25, 0.3) is 5.82 Å². The van der Waals surface area contributed by atoms with E-state index in [2.05, 4.69) is 25.9 Å². The molecule has 19 heavy (non-hydrogen) atoms. The van der Waals surface area contributed by atoms with Crippen molar-refractivity contribution in [1.82, 2.24) is 14.5 Å². The molecular formula is C12H13BrN4O2. The van der Waals surface area contributed by atoms with Crippen LogP contribution in [0.2, 0.25) is 0 Å². The molecule has 0 unspecified atom stereocenters. The van der Waals surface area contributed by atoms with Crippen LogP contribution in [0.15, 0.2) is 23.1 Å². The maximum atomic E-state index is 11.6. The lowest BCUT2D eigenvalue weighted by Crippen LogP contribution is -2.10. The van der Waals surface area contributed by atoms with E-state index in [9.17, 15) is 4.79 Å². The van der Waals surface area contributed by atoms with Gasteiger partial charge in [0.05, 0.1) is 6.61 Å². The number of imidazole rings is 1. The van der Waals surface area contributed by atoms with Gasteiger partial charge in [0.2, 0.25) is 0 Å². The highest BCUT2D eigenvalue weighted by atomic mass is 79.9. The van der Waals surface area contributed by atoms with E-state index in [0.717, 1.165) is 10.0 Å². The number of aryl methyl sites for hydroxylation is 1. The van der Waals surface area contributed by atoms with E-state index in [1.165, 1.54) is 6.33 Å². The van der Waals surface area contributed by atoms with Crippen LogP contribution in [-0.2, 0) is 4.74 Å². The lowest BCUT2D eigenvalue weighted by atomic mass is 10.3. The first-order chi connectivity index (χ1) is 9.04. The number of nitrogen functional groups attached to an aromatic ring is 1. The molecule has 6 nitrogen and oxygen atoms in total. The zero-order chi connectivity index (χ0) is 14.0. The van der Waals surface area contributed by atoms with Crippen LogP contribution >= 0.6 is 15.9 Å². The van der Waals surface area contributed by atoms with E-state index < -0.39 is 5.97 Å². The highest BCUT2D eigenvalue weighted by Crippen LogP contribution is 2.21. The van der Waals surface area contributed by atoms with Crippen LogP contribution in [0.3, 0.4) is 0 Å². The zero-order valence-corrected chi connectivity index (χ0v) is 12.1. The number of halogens is 1. The summed E-state index contributed by atoms with van der Waals surface area (Å²) in [5.41, 5.74) is 6.94. The predicted octanol–water partition coefficient (Wildman–Crippen LogP) is 2.10. The van der Waals surface area contributed by atoms with Crippen molar-refractivity contribution in [3.05, 3.63) is 34.3 Å². The van der Waals surface area contributed by atoms with Gasteiger partial charge in [-0.1, -0.05) is 0 Å². The molecule has 7 heteroatoms. The highest BCUT2D eigenvalue weighted by Gasteiger charge is 2.18. The zero-order valence-electron chi connectivity index (χ0n) is 10.6. The topological polar surface area (TPSA) is 83.0 Å². The van der Waals surface area contributed by atoms with Gasteiger partial charge in [0.25, 0.3) is 0 Å². The van der Waals surface area contributed by atoms with Crippen LogP contribution < -0.4 is 5.73 Å². The quantitative estimate of drug-likeness (QED) is 0.874. The number of ether oxygens (including phenoxy) is 1. The lowest BCUT2D eigenvalue weighted by molar-refractivity contribution is 0.0521. The lowest BCUT2D eigenvalue weighted by Gasteiger charge is -2.08. The molecule has 100 valence electrons. The molecule has 0 aromatic carbocycles. The number of pyridine rings is 1. The highest BCUT2D eigenvalue weighted by molar-refractivity contribution is 9.10. The van der Waals surface area contributed by atoms with Crippen molar-refractivity contribution < 1.29 is 9.53 Å². The number of nitrogens with two attached hydrogens (primary N) is 1. The molecule has 0 aliphatic carbocycles.